The quantitative estimate of drug-likeness (QED) is 0.615. The third-order valence-corrected chi connectivity index (χ3v) is 4.86. The van der Waals surface area contributed by atoms with Gasteiger partial charge in [0, 0.05) is 35.1 Å². The SMILES string of the molecule is COc1cc(C[S+]([O-])c2nc3cc(OC(F)(F)CF)ccc3[nH]2)ncc1C. The Morgan fingerprint density at radius 2 is 2.07 bits per heavy atom. The number of methoxy groups -OCH3 is 1. The summed E-state index contributed by atoms with van der Waals surface area (Å²) in [6.07, 6.45) is -2.29. The molecule has 6 nitrogen and oxygen atoms in total. The van der Waals surface area contributed by atoms with Gasteiger partial charge in [-0.1, -0.05) is 0 Å². The fourth-order valence-corrected chi connectivity index (χ4v) is 3.37. The van der Waals surface area contributed by atoms with Crippen molar-refractivity contribution in [1.29, 1.82) is 0 Å². The topological polar surface area (TPSA) is 83.1 Å². The highest BCUT2D eigenvalue weighted by atomic mass is 32.2. The minimum absolute atomic E-state index is 0.0970. The number of ether oxygens (including phenoxy) is 2. The van der Waals surface area contributed by atoms with Gasteiger partial charge in [-0.2, -0.15) is 13.8 Å². The molecule has 10 heteroatoms. The Morgan fingerprint density at radius 1 is 1.30 bits per heavy atom. The van der Waals surface area contributed by atoms with Gasteiger partial charge < -0.3 is 14.0 Å². The Balaban J connectivity index is 1.80. The Bertz CT molecular complexity index is 952. The lowest BCUT2D eigenvalue weighted by atomic mass is 10.2. The number of benzene rings is 1. The van der Waals surface area contributed by atoms with Crippen LogP contribution in [0, 0.1) is 6.92 Å². The molecule has 2 aromatic heterocycles. The van der Waals surface area contributed by atoms with E-state index in [0.29, 0.717) is 17.0 Å². The van der Waals surface area contributed by atoms with Crippen LogP contribution < -0.4 is 9.47 Å². The lowest BCUT2D eigenvalue weighted by molar-refractivity contribution is -0.186. The molecule has 0 radical (unpaired) electrons. The third-order valence-electron chi connectivity index (χ3n) is 3.68. The molecule has 0 saturated heterocycles. The van der Waals surface area contributed by atoms with Crippen LogP contribution in [0.15, 0.2) is 35.6 Å². The summed E-state index contributed by atoms with van der Waals surface area (Å²) in [7, 11) is 1.54. The summed E-state index contributed by atoms with van der Waals surface area (Å²) < 4.78 is 60.3. The van der Waals surface area contributed by atoms with Crippen LogP contribution >= 0.6 is 0 Å². The molecule has 0 aliphatic carbocycles. The molecule has 0 spiro atoms. The zero-order chi connectivity index (χ0) is 19.6. The summed E-state index contributed by atoms with van der Waals surface area (Å²) in [6.45, 7) is -0.0915. The number of halogens is 3. The average Bonchev–Trinajstić information content (AvgIpc) is 3.06. The van der Waals surface area contributed by atoms with Gasteiger partial charge in [-0.25, -0.2) is 4.39 Å². The first-order valence-corrected chi connectivity index (χ1v) is 9.13. The summed E-state index contributed by atoms with van der Waals surface area (Å²) in [5.41, 5.74) is 2.18. The van der Waals surface area contributed by atoms with Gasteiger partial charge in [-0.15, -0.1) is 0 Å². The van der Waals surface area contributed by atoms with Gasteiger partial charge in [-0.05, 0) is 19.1 Å². The zero-order valence-corrected chi connectivity index (χ0v) is 15.3. The number of H-pyrrole nitrogens is 1. The lowest BCUT2D eigenvalue weighted by Crippen LogP contribution is -2.26. The minimum atomic E-state index is -3.91. The van der Waals surface area contributed by atoms with Crippen molar-refractivity contribution < 1.29 is 27.2 Å². The van der Waals surface area contributed by atoms with Gasteiger partial charge in [0.1, 0.15) is 11.5 Å². The summed E-state index contributed by atoms with van der Waals surface area (Å²) in [4.78, 5) is 11.2. The normalized spacial score (nSPS) is 13.0. The largest absolute Gasteiger partial charge is 0.609 e. The smallest absolute Gasteiger partial charge is 0.427 e. The van der Waals surface area contributed by atoms with Gasteiger partial charge in [0.2, 0.25) is 0 Å². The molecule has 0 fully saturated rings. The molecule has 0 saturated carbocycles. The van der Waals surface area contributed by atoms with E-state index in [1.165, 1.54) is 25.3 Å². The van der Waals surface area contributed by atoms with E-state index in [2.05, 4.69) is 19.7 Å². The van der Waals surface area contributed by atoms with Crippen LogP contribution in [0.1, 0.15) is 11.3 Å². The molecular weight excluding hydrogens is 383 g/mol. The molecule has 27 heavy (non-hydrogen) atoms. The van der Waals surface area contributed by atoms with Crippen LogP contribution in [0.2, 0.25) is 0 Å². The first kappa shape index (κ1) is 19.3. The molecule has 0 aliphatic rings. The first-order valence-electron chi connectivity index (χ1n) is 7.82. The second kappa shape index (κ2) is 7.65. The number of alkyl halides is 3. The van der Waals surface area contributed by atoms with Crippen LogP contribution in [-0.2, 0) is 16.9 Å². The number of nitrogens with zero attached hydrogens (tertiary/aromatic N) is 2. The van der Waals surface area contributed by atoms with E-state index in [1.54, 1.807) is 12.3 Å². The summed E-state index contributed by atoms with van der Waals surface area (Å²) >= 11 is -1.54. The number of rotatable bonds is 7. The predicted octanol–water partition coefficient (Wildman–Crippen LogP) is 3.52. The Morgan fingerprint density at radius 3 is 2.78 bits per heavy atom. The number of pyridine rings is 1. The molecular formula is C17H16F3N3O3S. The van der Waals surface area contributed by atoms with Crippen molar-refractivity contribution in [2.24, 2.45) is 0 Å². The molecule has 1 unspecified atom stereocenters. The van der Waals surface area contributed by atoms with Gasteiger partial charge in [0.05, 0.1) is 23.8 Å². The Kier molecular flexibility index (Phi) is 5.47. The molecule has 1 aromatic carbocycles. The number of aromatic nitrogens is 3. The molecule has 0 aliphatic heterocycles. The number of fused-ring (bicyclic) bond motifs is 1. The Hall–Kier alpha value is -2.46. The molecule has 2 heterocycles. The number of hydrogen-bond donors (Lipinski definition) is 1. The fourth-order valence-electron chi connectivity index (χ4n) is 2.38. The first-order chi connectivity index (χ1) is 12.8. The van der Waals surface area contributed by atoms with Crippen molar-refractivity contribution in [2.75, 3.05) is 13.8 Å². The molecule has 0 amide bonds. The number of imidazole rings is 1. The fraction of sp³-hybridized carbons (Fsp3) is 0.294. The van der Waals surface area contributed by atoms with Crippen molar-refractivity contribution >= 4 is 22.2 Å². The van der Waals surface area contributed by atoms with Crippen molar-refractivity contribution in [3.8, 4) is 11.5 Å². The van der Waals surface area contributed by atoms with E-state index >= 15 is 0 Å². The molecule has 144 valence electrons. The Labute approximate surface area is 155 Å². The number of aromatic amines is 1. The van der Waals surface area contributed by atoms with E-state index in [9.17, 15) is 17.7 Å². The van der Waals surface area contributed by atoms with E-state index in [-0.39, 0.29) is 22.2 Å². The van der Waals surface area contributed by atoms with Crippen LogP contribution in [0.5, 0.6) is 11.5 Å². The second-order valence-corrected chi connectivity index (χ2v) is 7.10. The average molecular weight is 399 g/mol. The minimum Gasteiger partial charge on any atom is -0.609 e. The van der Waals surface area contributed by atoms with Gasteiger partial charge in [0.25, 0.3) is 0 Å². The highest BCUT2D eigenvalue weighted by Gasteiger charge is 2.31. The standard InChI is InChI=1S/C17H16F3N3O3S/c1-10-7-21-11(5-15(10)25-2)8-27(24)16-22-13-4-3-12(6-14(13)23-16)26-17(19,20)9-18/h3-7H,8-9H2,1-2H3,(H,22,23). The lowest BCUT2D eigenvalue weighted by Gasteiger charge is -2.13. The summed E-state index contributed by atoms with van der Waals surface area (Å²) in [5, 5.41) is 0.167. The number of aryl methyl sites for hydroxylation is 1. The second-order valence-electron chi connectivity index (χ2n) is 5.73. The van der Waals surface area contributed by atoms with Crippen molar-refractivity contribution in [2.45, 2.75) is 23.9 Å². The zero-order valence-electron chi connectivity index (χ0n) is 14.5. The van der Waals surface area contributed by atoms with Crippen molar-refractivity contribution in [3.63, 3.8) is 0 Å². The van der Waals surface area contributed by atoms with Crippen LogP contribution in [0.4, 0.5) is 13.2 Å². The number of hydrogen-bond acceptors (Lipinski definition) is 5. The van der Waals surface area contributed by atoms with Crippen LogP contribution in [0.3, 0.4) is 0 Å². The molecule has 1 atom stereocenters. The summed E-state index contributed by atoms with van der Waals surface area (Å²) in [5.74, 6) is 0.496. The maximum Gasteiger partial charge on any atom is 0.427 e. The highest BCUT2D eigenvalue weighted by Crippen LogP contribution is 2.27. The summed E-state index contributed by atoms with van der Waals surface area (Å²) in [6, 6.07) is 5.62. The molecule has 3 aromatic rings. The van der Waals surface area contributed by atoms with Gasteiger partial charge >= 0.3 is 11.3 Å². The molecule has 0 bridgehead atoms. The van der Waals surface area contributed by atoms with E-state index in [1.807, 2.05) is 6.92 Å². The van der Waals surface area contributed by atoms with E-state index in [4.69, 9.17) is 4.74 Å². The maximum atomic E-state index is 13.0. The highest BCUT2D eigenvalue weighted by molar-refractivity contribution is 7.90. The monoisotopic (exact) mass is 399 g/mol. The van der Waals surface area contributed by atoms with Crippen molar-refractivity contribution in [3.05, 3.63) is 41.7 Å². The van der Waals surface area contributed by atoms with E-state index in [0.717, 1.165) is 5.56 Å². The molecule has 1 N–H and O–H groups in total. The van der Waals surface area contributed by atoms with Crippen molar-refractivity contribution in [1.82, 2.24) is 15.0 Å². The van der Waals surface area contributed by atoms with Crippen LogP contribution in [0.25, 0.3) is 11.0 Å². The van der Waals surface area contributed by atoms with E-state index < -0.39 is 24.0 Å². The van der Waals surface area contributed by atoms with Gasteiger partial charge in [0.15, 0.2) is 12.4 Å². The maximum absolute atomic E-state index is 13.0. The molecule has 3 rings (SSSR count). The number of nitrogens with one attached hydrogen (secondary N) is 1. The third kappa shape index (κ3) is 4.45. The van der Waals surface area contributed by atoms with Gasteiger partial charge in [-0.3, -0.25) is 9.97 Å². The van der Waals surface area contributed by atoms with Crippen LogP contribution in [-0.4, -0.2) is 39.4 Å². The predicted molar refractivity (Wildman–Crippen MR) is 93.3 cm³/mol.